The molecule has 2 aromatic rings. The molecular weight excluding hydrogens is 247 g/mol. The van der Waals surface area contributed by atoms with Gasteiger partial charge in [-0.15, -0.1) is 0 Å². The largest absolute Gasteiger partial charge is 0.444 e. The van der Waals surface area contributed by atoms with Crippen molar-refractivity contribution < 1.29 is 4.42 Å². The third-order valence-corrected chi connectivity index (χ3v) is 2.94. The van der Waals surface area contributed by atoms with E-state index in [4.69, 9.17) is 27.6 Å². The quantitative estimate of drug-likeness (QED) is 0.812. The molecule has 16 heavy (non-hydrogen) atoms. The molecule has 1 heterocycles. The Labute approximate surface area is 103 Å². The van der Waals surface area contributed by atoms with Gasteiger partial charge in [0.05, 0.1) is 10.9 Å². The van der Waals surface area contributed by atoms with Crippen molar-refractivity contribution in [1.29, 1.82) is 0 Å². The van der Waals surface area contributed by atoms with Gasteiger partial charge in [-0.3, -0.25) is 4.79 Å². The van der Waals surface area contributed by atoms with Gasteiger partial charge in [-0.05, 0) is 36.2 Å². The molecule has 0 saturated heterocycles. The monoisotopic (exact) mass is 256 g/mol. The van der Waals surface area contributed by atoms with E-state index < -0.39 is 0 Å². The number of rotatable bonds is 2. The summed E-state index contributed by atoms with van der Waals surface area (Å²) in [5.74, 6) is 0. The minimum atomic E-state index is -0.0874. The van der Waals surface area contributed by atoms with Gasteiger partial charge < -0.3 is 4.42 Å². The van der Waals surface area contributed by atoms with E-state index in [-0.39, 0.29) is 10.6 Å². The number of hydrogen-bond acceptors (Lipinski definition) is 2. The Balaban J connectivity index is 2.80. The zero-order valence-electron chi connectivity index (χ0n) is 8.72. The fourth-order valence-electron chi connectivity index (χ4n) is 1.64. The van der Waals surface area contributed by atoms with E-state index >= 15 is 0 Å². The maximum atomic E-state index is 12.1. The summed E-state index contributed by atoms with van der Waals surface area (Å²) >= 11 is 11.8. The highest BCUT2D eigenvalue weighted by Crippen LogP contribution is 2.23. The summed E-state index contributed by atoms with van der Waals surface area (Å²) in [6.45, 7) is 1.98. The summed E-state index contributed by atoms with van der Waals surface area (Å²) in [7, 11) is 0. The van der Waals surface area contributed by atoms with Crippen molar-refractivity contribution in [2.75, 3.05) is 0 Å². The lowest BCUT2D eigenvalue weighted by Gasteiger charge is -2.03. The summed E-state index contributed by atoms with van der Waals surface area (Å²) in [6, 6.07) is 4.93. The van der Waals surface area contributed by atoms with Crippen molar-refractivity contribution in [3.63, 3.8) is 0 Å². The molecule has 0 amide bonds. The van der Waals surface area contributed by atoms with Crippen LogP contribution in [0.5, 0.6) is 0 Å². The summed E-state index contributed by atoms with van der Waals surface area (Å²) in [5, 5.41) is 1.19. The molecule has 2 rings (SSSR count). The van der Waals surface area contributed by atoms with Crippen LogP contribution in [0.4, 0.5) is 0 Å². The molecule has 2 nitrogen and oxygen atoms in total. The average Bonchev–Trinajstić information content (AvgIpc) is 2.26. The van der Waals surface area contributed by atoms with Crippen LogP contribution in [0.2, 0.25) is 10.2 Å². The molecule has 0 radical (unpaired) electrons. The van der Waals surface area contributed by atoms with E-state index in [1.54, 1.807) is 18.2 Å². The zero-order valence-corrected chi connectivity index (χ0v) is 10.2. The Morgan fingerprint density at radius 1 is 1.31 bits per heavy atom. The molecule has 0 N–H and O–H groups in total. The van der Waals surface area contributed by atoms with Gasteiger partial charge in [0.1, 0.15) is 5.58 Å². The van der Waals surface area contributed by atoms with Crippen molar-refractivity contribution in [3.05, 3.63) is 44.2 Å². The molecule has 0 spiro atoms. The lowest BCUT2D eigenvalue weighted by Crippen LogP contribution is -2.09. The Kier molecular flexibility index (Phi) is 3.22. The van der Waals surface area contributed by atoms with Crippen LogP contribution in [0.1, 0.15) is 18.9 Å². The molecule has 1 aromatic heterocycles. The summed E-state index contributed by atoms with van der Waals surface area (Å²) < 4.78 is 5.39. The first-order valence-electron chi connectivity index (χ1n) is 5.04. The highest BCUT2D eigenvalue weighted by molar-refractivity contribution is 6.31. The molecule has 0 aliphatic heterocycles. The van der Waals surface area contributed by atoms with Crippen LogP contribution in [-0.4, -0.2) is 0 Å². The second-order valence-corrected chi connectivity index (χ2v) is 4.35. The Hall–Kier alpha value is -0.990. The van der Waals surface area contributed by atoms with Crippen LogP contribution in [0.3, 0.4) is 0 Å². The van der Waals surface area contributed by atoms with E-state index in [9.17, 15) is 4.79 Å². The van der Waals surface area contributed by atoms with Gasteiger partial charge in [-0.25, -0.2) is 0 Å². The van der Waals surface area contributed by atoms with E-state index in [0.29, 0.717) is 28.0 Å². The molecule has 0 saturated carbocycles. The summed E-state index contributed by atoms with van der Waals surface area (Å²) in [6.07, 6.45) is 1.46. The molecule has 0 aliphatic carbocycles. The average molecular weight is 257 g/mol. The standard InChI is InChI=1S/C12H10Cl2O2/c1-2-3-8-11(15)9-6-7(13)4-5-10(9)16-12(8)14/h4-6H,2-3H2,1H3. The van der Waals surface area contributed by atoms with Crippen LogP contribution < -0.4 is 5.43 Å². The molecule has 0 bridgehead atoms. The number of halogens is 2. The van der Waals surface area contributed by atoms with Crippen LogP contribution in [0, 0.1) is 0 Å². The van der Waals surface area contributed by atoms with Crippen molar-refractivity contribution in [2.24, 2.45) is 0 Å². The van der Waals surface area contributed by atoms with Crippen molar-refractivity contribution in [2.45, 2.75) is 19.8 Å². The molecule has 1 aromatic carbocycles. The summed E-state index contributed by atoms with van der Waals surface area (Å²) in [4.78, 5) is 12.1. The van der Waals surface area contributed by atoms with Gasteiger partial charge in [0.15, 0.2) is 5.43 Å². The third kappa shape index (κ3) is 1.95. The predicted molar refractivity (Wildman–Crippen MR) is 66.5 cm³/mol. The first-order valence-corrected chi connectivity index (χ1v) is 5.79. The van der Waals surface area contributed by atoms with Crippen LogP contribution in [0.25, 0.3) is 11.0 Å². The van der Waals surface area contributed by atoms with Gasteiger partial charge >= 0.3 is 0 Å². The molecule has 0 aliphatic rings. The van der Waals surface area contributed by atoms with Crippen LogP contribution in [-0.2, 0) is 6.42 Å². The van der Waals surface area contributed by atoms with Gasteiger partial charge in [0, 0.05) is 5.02 Å². The molecule has 84 valence electrons. The summed E-state index contributed by atoms with van der Waals surface area (Å²) in [5.41, 5.74) is 0.911. The molecule has 0 unspecified atom stereocenters. The number of fused-ring (bicyclic) bond motifs is 1. The first kappa shape index (κ1) is 11.5. The van der Waals surface area contributed by atoms with Gasteiger partial charge in [-0.2, -0.15) is 0 Å². The SMILES string of the molecule is CCCc1c(Cl)oc2ccc(Cl)cc2c1=O. The Morgan fingerprint density at radius 2 is 2.06 bits per heavy atom. The lowest BCUT2D eigenvalue weighted by molar-refractivity contribution is 0.593. The zero-order chi connectivity index (χ0) is 11.7. The molecule has 0 atom stereocenters. The second-order valence-electron chi connectivity index (χ2n) is 3.57. The van der Waals surface area contributed by atoms with Crippen LogP contribution in [0.15, 0.2) is 27.4 Å². The first-order chi connectivity index (χ1) is 7.63. The maximum Gasteiger partial charge on any atom is 0.200 e. The Morgan fingerprint density at radius 3 is 2.75 bits per heavy atom. The van der Waals surface area contributed by atoms with Gasteiger partial charge in [0.2, 0.25) is 5.22 Å². The topological polar surface area (TPSA) is 30.2 Å². The van der Waals surface area contributed by atoms with Crippen molar-refractivity contribution in [1.82, 2.24) is 0 Å². The van der Waals surface area contributed by atoms with Crippen molar-refractivity contribution >= 4 is 34.2 Å². The molecular formula is C12H10Cl2O2. The molecule has 0 fully saturated rings. The fraction of sp³-hybridized carbons (Fsp3) is 0.250. The lowest BCUT2D eigenvalue weighted by atomic mass is 10.1. The minimum absolute atomic E-state index is 0.0874. The highest BCUT2D eigenvalue weighted by Gasteiger charge is 2.12. The van der Waals surface area contributed by atoms with Gasteiger partial charge in [0.25, 0.3) is 0 Å². The van der Waals surface area contributed by atoms with Crippen molar-refractivity contribution in [3.8, 4) is 0 Å². The fourth-order valence-corrected chi connectivity index (χ4v) is 2.08. The maximum absolute atomic E-state index is 12.1. The smallest absolute Gasteiger partial charge is 0.200 e. The highest BCUT2D eigenvalue weighted by atomic mass is 35.5. The number of hydrogen-bond donors (Lipinski definition) is 0. The Bertz CT molecular complexity index is 587. The second kappa shape index (κ2) is 4.48. The van der Waals surface area contributed by atoms with E-state index in [2.05, 4.69) is 0 Å². The minimum Gasteiger partial charge on any atom is -0.444 e. The normalized spacial score (nSPS) is 10.9. The number of benzene rings is 1. The van der Waals surface area contributed by atoms with Crippen LogP contribution >= 0.6 is 23.2 Å². The van der Waals surface area contributed by atoms with E-state index in [0.717, 1.165) is 6.42 Å². The van der Waals surface area contributed by atoms with Gasteiger partial charge in [-0.1, -0.05) is 24.9 Å². The molecule has 4 heteroatoms. The van der Waals surface area contributed by atoms with E-state index in [1.165, 1.54) is 0 Å². The van der Waals surface area contributed by atoms with E-state index in [1.807, 2.05) is 6.92 Å². The third-order valence-electron chi connectivity index (χ3n) is 2.40. The predicted octanol–water partition coefficient (Wildman–Crippen LogP) is 4.05.